The maximum Gasteiger partial charge on any atom is 0.133 e. The second-order valence-corrected chi connectivity index (χ2v) is 5.29. The van der Waals surface area contributed by atoms with Gasteiger partial charge in [-0.05, 0) is 46.4 Å². The predicted molar refractivity (Wildman–Crippen MR) is 80.0 cm³/mol. The molecule has 0 heterocycles. The van der Waals surface area contributed by atoms with Gasteiger partial charge in [0.05, 0.1) is 0 Å². The van der Waals surface area contributed by atoms with E-state index < -0.39 is 11.6 Å². The highest BCUT2D eigenvalue weighted by molar-refractivity contribution is 5.84. The van der Waals surface area contributed by atoms with Gasteiger partial charge in [0.1, 0.15) is 11.6 Å². The molecule has 4 rings (SSSR count). The Kier molecular flexibility index (Phi) is 2.64. The van der Waals surface area contributed by atoms with Crippen LogP contribution in [0.25, 0.3) is 22.3 Å². The van der Waals surface area contributed by atoms with Gasteiger partial charge in [-0.25, -0.2) is 8.78 Å². The third kappa shape index (κ3) is 1.87. The van der Waals surface area contributed by atoms with E-state index in [0.717, 1.165) is 29.2 Å². The molecule has 0 saturated heterocycles. The first-order valence-electron chi connectivity index (χ1n) is 6.89. The largest absolute Gasteiger partial charge is 0.207 e. The Balaban J connectivity index is 1.94. The van der Waals surface area contributed by atoms with Crippen molar-refractivity contribution in [2.75, 3.05) is 0 Å². The Bertz CT molecular complexity index is 850. The van der Waals surface area contributed by atoms with Gasteiger partial charge >= 0.3 is 0 Å². The van der Waals surface area contributed by atoms with Gasteiger partial charge in [0.25, 0.3) is 0 Å². The molecule has 102 valence electrons. The van der Waals surface area contributed by atoms with E-state index in [2.05, 4.69) is 18.2 Å². The molecule has 0 nitrogen and oxygen atoms in total. The Labute approximate surface area is 121 Å². The minimum atomic E-state index is -0.549. The summed E-state index contributed by atoms with van der Waals surface area (Å²) in [6.45, 7) is 0. The first-order chi connectivity index (χ1) is 10.2. The van der Waals surface area contributed by atoms with Crippen LogP contribution in [0.5, 0.6) is 0 Å². The molecule has 0 N–H and O–H groups in total. The summed E-state index contributed by atoms with van der Waals surface area (Å²) in [4.78, 5) is 0. The van der Waals surface area contributed by atoms with Gasteiger partial charge in [-0.2, -0.15) is 0 Å². The van der Waals surface area contributed by atoms with Crippen LogP contribution in [-0.4, -0.2) is 0 Å². The Hall–Kier alpha value is -2.48. The molecule has 1 aliphatic rings. The zero-order valence-electron chi connectivity index (χ0n) is 11.2. The van der Waals surface area contributed by atoms with Crippen molar-refractivity contribution in [1.29, 1.82) is 0 Å². The summed E-state index contributed by atoms with van der Waals surface area (Å²) >= 11 is 0. The standard InChI is InChI=1S/C19H12F2/c20-13-8-9-17(19(21)11-13)16-7-3-6-15-14-5-2-1-4-12(14)10-18(15)16/h1-9,11H,10H2. The smallest absolute Gasteiger partial charge is 0.133 e. The molecule has 0 aliphatic heterocycles. The molecule has 0 fully saturated rings. The monoisotopic (exact) mass is 278 g/mol. The summed E-state index contributed by atoms with van der Waals surface area (Å²) in [5.41, 5.74) is 6.03. The average Bonchev–Trinajstić information content (AvgIpc) is 2.86. The number of fused-ring (bicyclic) bond motifs is 3. The van der Waals surface area contributed by atoms with Gasteiger partial charge in [0.15, 0.2) is 0 Å². The lowest BCUT2D eigenvalue weighted by Crippen LogP contribution is -1.91. The van der Waals surface area contributed by atoms with E-state index in [1.54, 1.807) is 0 Å². The molecule has 21 heavy (non-hydrogen) atoms. The maximum absolute atomic E-state index is 14.1. The summed E-state index contributed by atoms with van der Waals surface area (Å²) in [7, 11) is 0. The molecule has 0 atom stereocenters. The lowest BCUT2D eigenvalue weighted by atomic mass is 9.95. The fourth-order valence-electron chi connectivity index (χ4n) is 3.12. The van der Waals surface area contributed by atoms with Crippen LogP contribution in [-0.2, 0) is 6.42 Å². The molecule has 3 aromatic carbocycles. The van der Waals surface area contributed by atoms with E-state index in [9.17, 15) is 8.78 Å². The molecule has 0 saturated carbocycles. The van der Waals surface area contributed by atoms with E-state index in [0.29, 0.717) is 5.56 Å². The van der Waals surface area contributed by atoms with Gasteiger partial charge < -0.3 is 0 Å². The van der Waals surface area contributed by atoms with E-state index in [4.69, 9.17) is 0 Å². The first kappa shape index (κ1) is 12.3. The second kappa shape index (κ2) is 4.52. The van der Waals surface area contributed by atoms with E-state index in [-0.39, 0.29) is 0 Å². The quantitative estimate of drug-likeness (QED) is 0.449. The highest BCUT2D eigenvalue weighted by atomic mass is 19.1. The number of halogens is 2. The van der Waals surface area contributed by atoms with Crippen molar-refractivity contribution in [2.45, 2.75) is 6.42 Å². The number of benzene rings is 3. The normalized spacial score (nSPS) is 12.1. The van der Waals surface area contributed by atoms with Crippen LogP contribution in [0.4, 0.5) is 8.78 Å². The molecule has 0 bridgehead atoms. The van der Waals surface area contributed by atoms with Crippen molar-refractivity contribution < 1.29 is 8.78 Å². The summed E-state index contributed by atoms with van der Waals surface area (Å²) in [6, 6.07) is 17.9. The Morgan fingerprint density at radius 3 is 2.19 bits per heavy atom. The average molecular weight is 278 g/mol. The Morgan fingerprint density at radius 1 is 0.667 bits per heavy atom. The molecule has 0 aromatic heterocycles. The van der Waals surface area contributed by atoms with Crippen LogP contribution >= 0.6 is 0 Å². The third-order valence-electron chi connectivity index (χ3n) is 4.07. The molecular formula is C19H12F2. The van der Waals surface area contributed by atoms with Crippen LogP contribution in [0.3, 0.4) is 0 Å². The predicted octanol–water partition coefficient (Wildman–Crippen LogP) is 5.20. The van der Waals surface area contributed by atoms with Gasteiger partial charge in [0, 0.05) is 11.6 Å². The minimum absolute atomic E-state index is 0.459. The molecule has 0 radical (unpaired) electrons. The van der Waals surface area contributed by atoms with E-state index in [1.165, 1.54) is 23.3 Å². The topological polar surface area (TPSA) is 0 Å². The van der Waals surface area contributed by atoms with Crippen molar-refractivity contribution in [3.63, 3.8) is 0 Å². The van der Waals surface area contributed by atoms with Crippen LogP contribution in [0.2, 0.25) is 0 Å². The summed E-state index contributed by atoms with van der Waals surface area (Å²) in [5.74, 6) is -1.06. The van der Waals surface area contributed by atoms with Crippen molar-refractivity contribution in [3.05, 3.63) is 83.4 Å². The van der Waals surface area contributed by atoms with Crippen LogP contribution in [0.1, 0.15) is 11.1 Å². The SMILES string of the molecule is Fc1ccc(-c2cccc3c2Cc2ccccc2-3)c(F)c1. The number of hydrogen-bond donors (Lipinski definition) is 0. The number of hydrogen-bond acceptors (Lipinski definition) is 0. The van der Waals surface area contributed by atoms with Crippen LogP contribution in [0, 0.1) is 11.6 Å². The third-order valence-corrected chi connectivity index (χ3v) is 4.07. The van der Waals surface area contributed by atoms with Crippen molar-refractivity contribution in [2.24, 2.45) is 0 Å². The van der Waals surface area contributed by atoms with Gasteiger partial charge in [-0.3, -0.25) is 0 Å². The lowest BCUT2D eigenvalue weighted by molar-refractivity contribution is 0.585. The van der Waals surface area contributed by atoms with Crippen LogP contribution < -0.4 is 0 Å². The zero-order valence-corrected chi connectivity index (χ0v) is 11.2. The fraction of sp³-hybridized carbons (Fsp3) is 0.0526. The highest BCUT2D eigenvalue weighted by Gasteiger charge is 2.22. The molecule has 3 aromatic rings. The van der Waals surface area contributed by atoms with Gasteiger partial charge in [-0.15, -0.1) is 0 Å². The minimum Gasteiger partial charge on any atom is -0.207 e. The molecule has 0 amide bonds. The van der Waals surface area contributed by atoms with Crippen molar-refractivity contribution in [1.82, 2.24) is 0 Å². The van der Waals surface area contributed by atoms with Gasteiger partial charge in [0.2, 0.25) is 0 Å². The molecule has 1 aliphatic carbocycles. The van der Waals surface area contributed by atoms with Crippen molar-refractivity contribution in [3.8, 4) is 22.3 Å². The zero-order chi connectivity index (χ0) is 14.4. The van der Waals surface area contributed by atoms with Crippen molar-refractivity contribution >= 4 is 0 Å². The Morgan fingerprint density at radius 2 is 1.38 bits per heavy atom. The maximum atomic E-state index is 14.1. The first-order valence-corrected chi connectivity index (χ1v) is 6.89. The van der Waals surface area contributed by atoms with E-state index in [1.807, 2.05) is 24.3 Å². The van der Waals surface area contributed by atoms with E-state index >= 15 is 0 Å². The fourth-order valence-corrected chi connectivity index (χ4v) is 3.12. The lowest BCUT2D eigenvalue weighted by Gasteiger charge is -2.10. The summed E-state index contributed by atoms with van der Waals surface area (Å²) in [5, 5.41) is 0. The molecular weight excluding hydrogens is 266 g/mol. The van der Waals surface area contributed by atoms with Crippen LogP contribution in [0.15, 0.2) is 60.7 Å². The second-order valence-electron chi connectivity index (χ2n) is 5.29. The summed E-state index contributed by atoms with van der Waals surface area (Å²) < 4.78 is 27.2. The molecule has 2 heteroatoms. The number of rotatable bonds is 1. The molecule has 0 unspecified atom stereocenters. The summed E-state index contributed by atoms with van der Waals surface area (Å²) in [6.07, 6.45) is 0.790. The highest BCUT2D eigenvalue weighted by Crippen LogP contribution is 2.41. The molecule has 0 spiro atoms. The van der Waals surface area contributed by atoms with Gasteiger partial charge in [-0.1, -0.05) is 42.5 Å².